The number of halogens is 4. The van der Waals surface area contributed by atoms with Gasteiger partial charge in [-0.3, -0.25) is 0 Å². The quantitative estimate of drug-likeness (QED) is 0.830. The molecule has 0 unspecified atom stereocenters. The highest BCUT2D eigenvalue weighted by atomic mass is 35.5. The fourth-order valence-electron chi connectivity index (χ4n) is 1.18. The number of rotatable bonds is 2. The van der Waals surface area contributed by atoms with Crippen LogP contribution in [0.15, 0.2) is 24.3 Å². The van der Waals surface area contributed by atoms with Gasteiger partial charge in [0.1, 0.15) is 0 Å². The van der Waals surface area contributed by atoms with Crippen molar-refractivity contribution in [2.24, 2.45) is 5.73 Å². The minimum absolute atomic E-state index is 0.164. The molecule has 0 aliphatic heterocycles. The Kier molecular flexibility index (Phi) is 3.28. The minimum atomic E-state index is -4.85. The monoisotopic (exact) mass is 239 g/mol. The lowest BCUT2D eigenvalue weighted by atomic mass is 9.93. The Bertz CT molecular complexity index is 355. The van der Waals surface area contributed by atoms with Crippen molar-refractivity contribution < 1.29 is 18.3 Å². The molecule has 0 heterocycles. The van der Waals surface area contributed by atoms with E-state index in [1.54, 1.807) is 0 Å². The van der Waals surface area contributed by atoms with Gasteiger partial charge >= 0.3 is 6.18 Å². The van der Waals surface area contributed by atoms with Crippen molar-refractivity contribution >= 4 is 11.6 Å². The van der Waals surface area contributed by atoms with Crippen LogP contribution < -0.4 is 5.73 Å². The largest absolute Gasteiger partial charge is 0.422 e. The summed E-state index contributed by atoms with van der Waals surface area (Å²) in [4.78, 5) is 0. The van der Waals surface area contributed by atoms with Crippen LogP contribution in [-0.2, 0) is 5.60 Å². The van der Waals surface area contributed by atoms with Gasteiger partial charge in [-0.1, -0.05) is 29.8 Å². The maximum Gasteiger partial charge on any atom is 0.422 e. The standard InChI is InChI=1S/C9H9ClF3NO/c10-7-4-2-1-3-6(7)8(15,5-14)9(11,12)13/h1-4,15H,5,14H2/t8-/m1/s1. The van der Waals surface area contributed by atoms with E-state index in [1.807, 2.05) is 0 Å². The summed E-state index contributed by atoms with van der Waals surface area (Å²) >= 11 is 5.58. The summed E-state index contributed by atoms with van der Waals surface area (Å²) in [5.74, 6) is 0. The van der Waals surface area contributed by atoms with Gasteiger partial charge in [-0.25, -0.2) is 0 Å². The Morgan fingerprint density at radius 2 is 1.80 bits per heavy atom. The van der Waals surface area contributed by atoms with E-state index >= 15 is 0 Å². The zero-order valence-electron chi connectivity index (χ0n) is 7.55. The maximum atomic E-state index is 12.6. The van der Waals surface area contributed by atoms with E-state index in [0.717, 1.165) is 6.07 Å². The number of alkyl halides is 3. The second-order valence-corrected chi connectivity index (χ2v) is 3.45. The molecule has 1 atom stereocenters. The lowest BCUT2D eigenvalue weighted by molar-refractivity contribution is -0.262. The van der Waals surface area contributed by atoms with Gasteiger partial charge in [0, 0.05) is 17.1 Å². The molecule has 2 nitrogen and oxygen atoms in total. The molecule has 0 amide bonds. The van der Waals surface area contributed by atoms with Crippen molar-refractivity contribution in [3.63, 3.8) is 0 Å². The Morgan fingerprint density at radius 3 is 2.20 bits per heavy atom. The molecule has 0 aromatic heterocycles. The highest BCUT2D eigenvalue weighted by Gasteiger charge is 2.54. The summed E-state index contributed by atoms with van der Waals surface area (Å²) in [6.07, 6.45) is -4.85. The van der Waals surface area contributed by atoms with Crippen LogP contribution in [-0.4, -0.2) is 17.8 Å². The van der Waals surface area contributed by atoms with Crippen molar-refractivity contribution in [3.05, 3.63) is 34.9 Å². The van der Waals surface area contributed by atoms with Crippen molar-refractivity contribution in [3.8, 4) is 0 Å². The minimum Gasteiger partial charge on any atom is -0.375 e. The Labute approximate surface area is 89.5 Å². The average Bonchev–Trinajstić information content (AvgIpc) is 2.15. The first-order valence-corrected chi connectivity index (χ1v) is 4.45. The average molecular weight is 240 g/mol. The molecule has 3 N–H and O–H groups in total. The maximum absolute atomic E-state index is 12.6. The van der Waals surface area contributed by atoms with Gasteiger partial charge in [-0.2, -0.15) is 13.2 Å². The van der Waals surface area contributed by atoms with Crippen LogP contribution in [0.25, 0.3) is 0 Å². The van der Waals surface area contributed by atoms with Crippen LogP contribution in [0.1, 0.15) is 5.56 Å². The van der Waals surface area contributed by atoms with E-state index in [2.05, 4.69) is 0 Å². The van der Waals surface area contributed by atoms with Crippen LogP contribution in [0.3, 0.4) is 0 Å². The summed E-state index contributed by atoms with van der Waals surface area (Å²) in [6, 6.07) is 5.19. The topological polar surface area (TPSA) is 46.2 Å². The third kappa shape index (κ3) is 2.09. The molecule has 6 heteroatoms. The number of aliphatic hydroxyl groups is 1. The van der Waals surface area contributed by atoms with Crippen LogP contribution in [0.2, 0.25) is 5.02 Å². The predicted molar refractivity (Wildman–Crippen MR) is 50.5 cm³/mol. The van der Waals surface area contributed by atoms with Gasteiger partial charge < -0.3 is 10.8 Å². The van der Waals surface area contributed by atoms with Gasteiger partial charge in [0.25, 0.3) is 0 Å². The molecule has 0 bridgehead atoms. The Balaban J connectivity index is 3.30. The van der Waals surface area contributed by atoms with Gasteiger partial charge in [-0.05, 0) is 6.07 Å². The first kappa shape index (κ1) is 12.3. The van der Waals surface area contributed by atoms with Crippen molar-refractivity contribution in [2.45, 2.75) is 11.8 Å². The second-order valence-electron chi connectivity index (χ2n) is 3.04. The molecule has 0 aliphatic carbocycles. The van der Waals surface area contributed by atoms with E-state index in [1.165, 1.54) is 18.2 Å². The molecule has 1 aromatic rings. The molecule has 0 saturated carbocycles. The second kappa shape index (κ2) is 4.00. The highest BCUT2D eigenvalue weighted by molar-refractivity contribution is 6.31. The van der Waals surface area contributed by atoms with Gasteiger partial charge in [-0.15, -0.1) is 0 Å². The SMILES string of the molecule is NC[C@@](O)(c1ccccc1Cl)C(F)(F)F. The fourth-order valence-corrected chi connectivity index (χ4v) is 1.47. The van der Waals surface area contributed by atoms with Crippen LogP contribution in [0, 0.1) is 0 Å². The summed E-state index contributed by atoms with van der Waals surface area (Å²) in [7, 11) is 0. The molecular formula is C9H9ClF3NO. The summed E-state index contributed by atoms with van der Waals surface area (Å²) < 4.78 is 37.7. The Morgan fingerprint density at radius 1 is 1.27 bits per heavy atom. The fraction of sp³-hybridized carbons (Fsp3) is 0.333. The molecular weight excluding hydrogens is 231 g/mol. The molecule has 0 spiro atoms. The first-order valence-electron chi connectivity index (χ1n) is 4.07. The first-order chi connectivity index (χ1) is 6.83. The molecule has 0 aliphatic rings. The number of hydrogen-bond donors (Lipinski definition) is 2. The highest BCUT2D eigenvalue weighted by Crippen LogP contribution is 2.40. The van der Waals surface area contributed by atoms with E-state index in [4.69, 9.17) is 17.3 Å². The van der Waals surface area contributed by atoms with Gasteiger partial charge in [0.05, 0.1) is 0 Å². The third-order valence-electron chi connectivity index (χ3n) is 2.08. The van der Waals surface area contributed by atoms with E-state index in [9.17, 15) is 18.3 Å². The predicted octanol–water partition coefficient (Wildman–Crippen LogP) is 2.05. The van der Waals surface area contributed by atoms with Gasteiger partial charge in [0.15, 0.2) is 5.60 Å². The zero-order chi connectivity index (χ0) is 11.7. The molecule has 1 rings (SSSR count). The summed E-state index contributed by atoms with van der Waals surface area (Å²) in [6.45, 7) is -0.972. The van der Waals surface area contributed by atoms with Crippen LogP contribution >= 0.6 is 11.6 Å². The Hall–Kier alpha value is -0.780. The number of hydrogen-bond acceptors (Lipinski definition) is 2. The summed E-state index contributed by atoms with van der Waals surface area (Å²) in [5.41, 5.74) is 1.44. The van der Waals surface area contributed by atoms with Crippen LogP contribution in [0.4, 0.5) is 13.2 Å². The molecule has 0 saturated heterocycles. The smallest absolute Gasteiger partial charge is 0.375 e. The van der Waals surface area contributed by atoms with E-state index in [0.29, 0.717) is 0 Å². The molecule has 0 radical (unpaired) electrons. The molecule has 1 aromatic carbocycles. The lowest BCUT2D eigenvalue weighted by Gasteiger charge is -2.30. The van der Waals surface area contributed by atoms with Gasteiger partial charge in [0.2, 0.25) is 0 Å². The van der Waals surface area contributed by atoms with E-state index < -0.39 is 23.9 Å². The molecule has 0 fully saturated rings. The van der Waals surface area contributed by atoms with Crippen molar-refractivity contribution in [1.82, 2.24) is 0 Å². The normalized spacial score (nSPS) is 16.1. The zero-order valence-corrected chi connectivity index (χ0v) is 8.31. The van der Waals surface area contributed by atoms with Crippen LogP contribution in [0.5, 0.6) is 0 Å². The third-order valence-corrected chi connectivity index (χ3v) is 2.41. The number of benzene rings is 1. The summed E-state index contributed by atoms with van der Waals surface area (Å²) in [5, 5.41) is 9.31. The molecule has 15 heavy (non-hydrogen) atoms. The molecule has 84 valence electrons. The van der Waals surface area contributed by atoms with E-state index in [-0.39, 0.29) is 5.02 Å². The van der Waals surface area contributed by atoms with Crippen molar-refractivity contribution in [1.29, 1.82) is 0 Å². The number of nitrogens with two attached hydrogens (primary N) is 1. The lowest BCUT2D eigenvalue weighted by Crippen LogP contribution is -2.48. The van der Waals surface area contributed by atoms with Crippen molar-refractivity contribution in [2.75, 3.05) is 6.54 Å².